The van der Waals surface area contributed by atoms with Crippen LogP contribution in [0.4, 0.5) is 4.39 Å². The van der Waals surface area contributed by atoms with E-state index in [-0.39, 0.29) is 17.8 Å². The highest BCUT2D eigenvalue weighted by molar-refractivity contribution is 5.94. The van der Waals surface area contributed by atoms with Crippen LogP contribution in [0.15, 0.2) is 24.3 Å². The Bertz CT molecular complexity index is 764. The molecule has 1 fully saturated rings. The SMILES string of the molecule is O=C(NC[C@H]1CCCO1)c1nn(-c2ccc(F)cc2)c2c1CCCC2. The average molecular weight is 343 g/mol. The van der Waals surface area contributed by atoms with Gasteiger partial charge < -0.3 is 10.1 Å². The van der Waals surface area contributed by atoms with E-state index in [0.717, 1.165) is 62.1 Å². The van der Waals surface area contributed by atoms with Crippen LogP contribution in [0.1, 0.15) is 47.4 Å². The summed E-state index contributed by atoms with van der Waals surface area (Å²) < 4.78 is 20.6. The molecule has 0 saturated carbocycles. The van der Waals surface area contributed by atoms with Crippen LogP contribution in [0.5, 0.6) is 0 Å². The molecule has 6 heteroatoms. The van der Waals surface area contributed by atoms with Crippen LogP contribution >= 0.6 is 0 Å². The molecule has 1 saturated heterocycles. The third kappa shape index (κ3) is 3.31. The number of halogens is 1. The van der Waals surface area contributed by atoms with Gasteiger partial charge in [-0.05, 0) is 62.8 Å². The number of nitrogens with one attached hydrogen (secondary N) is 1. The summed E-state index contributed by atoms with van der Waals surface area (Å²) in [6.07, 6.45) is 6.04. The maximum atomic E-state index is 13.2. The van der Waals surface area contributed by atoms with Gasteiger partial charge in [-0.25, -0.2) is 9.07 Å². The van der Waals surface area contributed by atoms with Gasteiger partial charge in [0.25, 0.3) is 5.91 Å². The Morgan fingerprint density at radius 1 is 1.24 bits per heavy atom. The molecule has 132 valence electrons. The Morgan fingerprint density at radius 3 is 2.80 bits per heavy atom. The third-order valence-electron chi connectivity index (χ3n) is 4.98. The highest BCUT2D eigenvalue weighted by Gasteiger charge is 2.26. The first-order valence-electron chi connectivity index (χ1n) is 8.99. The molecule has 1 N–H and O–H groups in total. The van der Waals surface area contributed by atoms with Crippen LogP contribution < -0.4 is 5.32 Å². The van der Waals surface area contributed by atoms with Crippen LogP contribution in [0.3, 0.4) is 0 Å². The number of rotatable bonds is 4. The van der Waals surface area contributed by atoms with E-state index in [1.807, 2.05) is 0 Å². The quantitative estimate of drug-likeness (QED) is 0.929. The van der Waals surface area contributed by atoms with Gasteiger partial charge in [-0.2, -0.15) is 5.10 Å². The zero-order valence-electron chi connectivity index (χ0n) is 14.1. The molecule has 0 bridgehead atoms. The second kappa shape index (κ2) is 6.96. The van der Waals surface area contributed by atoms with E-state index in [1.54, 1.807) is 16.8 Å². The molecule has 5 nitrogen and oxygen atoms in total. The van der Waals surface area contributed by atoms with E-state index < -0.39 is 0 Å². The van der Waals surface area contributed by atoms with Crippen molar-refractivity contribution in [3.8, 4) is 5.69 Å². The molecule has 1 atom stereocenters. The lowest BCUT2D eigenvalue weighted by Crippen LogP contribution is -2.32. The Labute approximate surface area is 146 Å². The predicted molar refractivity (Wildman–Crippen MR) is 91.5 cm³/mol. The van der Waals surface area contributed by atoms with Crippen molar-refractivity contribution >= 4 is 5.91 Å². The van der Waals surface area contributed by atoms with E-state index in [4.69, 9.17) is 4.74 Å². The molecule has 4 rings (SSSR count). The van der Waals surface area contributed by atoms with Crippen molar-refractivity contribution in [1.29, 1.82) is 0 Å². The minimum absolute atomic E-state index is 0.110. The Kier molecular flexibility index (Phi) is 4.53. The Balaban J connectivity index is 1.61. The fraction of sp³-hybridized carbons (Fsp3) is 0.474. The molecule has 2 aliphatic rings. The first-order valence-corrected chi connectivity index (χ1v) is 8.99. The number of carbonyl (C=O) groups excluding carboxylic acids is 1. The minimum atomic E-state index is -0.278. The number of ether oxygens (including phenoxy) is 1. The van der Waals surface area contributed by atoms with Crippen molar-refractivity contribution in [2.45, 2.75) is 44.6 Å². The second-order valence-electron chi connectivity index (χ2n) is 6.71. The van der Waals surface area contributed by atoms with Crippen molar-refractivity contribution in [2.24, 2.45) is 0 Å². The molecule has 0 radical (unpaired) electrons. The van der Waals surface area contributed by atoms with Gasteiger partial charge in [0, 0.05) is 24.4 Å². The predicted octanol–water partition coefficient (Wildman–Crippen LogP) is 2.80. The van der Waals surface area contributed by atoms with Crippen molar-refractivity contribution in [1.82, 2.24) is 15.1 Å². The van der Waals surface area contributed by atoms with Crippen molar-refractivity contribution in [2.75, 3.05) is 13.2 Å². The Hall–Kier alpha value is -2.21. The van der Waals surface area contributed by atoms with E-state index in [2.05, 4.69) is 10.4 Å². The molecule has 0 unspecified atom stereocenters. The largest absolute Gasteiger partial charge is 0.376 e. The van der Waals surface area contributed by atoms with Gasteiger partial charge in [-0.1, -0.05) is 0 Å². The molecule has 1 aromatic carbocycles. The van der Waals surface area contributed by atoms with E-state index in [1.165, 1.54) is 12.1 Å². The topological polar surface area (TPSA) is 56.1 Å². The Morgan fingerprint density at radius 2 is 2.04 bits per heavy atom. The van der Waals surface area contributed by atoms with Gasteiger partial charge in [-0.15, -0.1) is 0 Å². The summed E-state index contributed by atoms with van der Waals surface area (Å²) >= 11 is 0. The number of hydrogen-bond donors (Lipinski definition) is 1. The van der Waals surface area contributed by atoms with Crippen LogP contribution in [0.2, 0.25) is 0 Å². The average Bonchev–Trinajstić information content (AvgIpc) is 3.28. The van der Waals surface area contributed by atoms with Crippen molar-refractivity contribution in [3.05, 3.63) is 47.0 Å². The number of carbonyl (C=O) groups is 1. The first-order chi connectivity index (χ1) is 12.2. The van der Waals surface area contributed by atoms with Gasteiger partial charge in [0.15, 0.2) is 5.69 Å². The summed E-state index contributed by atoms with van der Waals surface area (Å²) in [5, 5.41) is 7.54. The minimum Gasteiger partial charge on any atom is -0.376 e. The summed E-state index contributed by atoms with van der Waals surface area (Å²) in [5.74, 6) is -0.422. The molecule has 0 spiro atoms. The van der Waals surface area contributed by atoms with E-state index in [0.29, 0.717) is 12.2 Å². The molecule has 2 aromatic rings. The van der Waals surface area contributed by atoms with Gasteiger partial charge >= 0.3 is 0 Å². The fourth-order valence-corrected chi connectivity index (χ4v) is 3.67. The lowest BCUT2D eigenvalue weighted by Gasteiger charge is -2.14. The van der Waals surface area contributed by atoms with Crippen LogP contribution in [-0.4, -0.2) is 34.9 Å². The second-order valence-corrected chi connectivity index (χ2v) is 6.71. The summed E-state index contributed by atoms with van der Waals surface area (Å²) in [6, 6.07) is 6.24. The highest BCUT2D eigenvalue weighted by Crippen LogP contribution is 2.27. The molecular weight excluding hydrogens is 321 g/mol. The monoisotopic (exact) mass is 343 g/mol. The molecule has 1 aromatic heterocycles. The zero-order chi connectivity index (χ0) is 17.2. The molecule has 1 aliphatic carbocycles. The lowest BCUT2D eigenvalue weighted by atomic mass is 9.95. The maximum Gasteiger partial charge on any atom is 0.272 e. The number of hydrogen-bond acceptors (Lipinski definition) is 3. The molecule has 1 amide bonds. The standard InChI is InChI=1S/C19H22FN3O2/c20-13-7-9-14(10-8-13)23-17-6-2-1-5-16(17)18(22-23)19(24)21-12-15-4-3-11-25-15/h7-10,15H,1-6,11-12H2,(H,21,24)/t15-/m1/s1. The van der Waals surface area contributed by atoms with Gasteiger partial charge in [-0.3, -0.25) is 4.79 Å². The molecular formula is C19H22FN3O2. The van der Waals surface area contributed by atoms with Crippen molar-refractivity contribution in [3.63, 3.8) is 0 Å². The summed E-state index contributed by atoms with van der Waals surface area (Å²) in [7, 11) is 0. The number of nitrogens with zero attached hydrogens (tertiary/aromatic N) is 2. The van der Waals surface area contributed by atoms with Crippen LogP contribution in [-0.2, 0) is 17.6 Å². The maximum absolute atomic E-state index is 13.2. The number of benzene rings is 1. The number of fused-ring (bicyclic) bond motifs is 1. The lowest BCUT2D eigenvalue weighted by molar-refractivity contribution is 0.0852. The summed E-state index contributed by atoms with van der Waals surface area (Å²) in [4.78, 5) is 12.7. The van der Waals surface area contributed by atoms with Gasteiger partial charge in [0.2, 0.25) is 0 Å². The van der Waals surface area contributed by atoms with Crippen molar-refractivity contribution < 1.29 is 13.9 Å². The van der Waals surface area contributed by atoms with Crippen LogP contribution in [0.25, 0.3) is 5.69 Å². The zero-order valence-corrected chi connectivity index (χ0v) is 14.1. The number of amides is 1. The smallest absolute Gasteiger partial charge is 0.272 e. The van der Waals surface area contributed by atoms with Gasteiger partial charge in [0.1, 0.15) is 5.82 Å². The summed E-state index contributed by atoms with van der Waals surface area (Å²) in [5.41, 5.74) is 3.38. The first kappa shape index (κ1) is 16.3. The van der Waals surface area contributed by atoms with Gasteiger partial charge in [0.05, 0.1) is 11.8 Å². The third-order valence-corrected chi connectivity index (χ3v) is 4.98. The molecule has 2 heterocycles. The molecule has 25 heavy (non-hydrogen) atoms. The van der Waals surface area contributed by atoms with E-state index in [9.17, 15) is 9.18 Å². The number of aromatic nitrogens is 2. The summed E-state index contributed by atoms with van der Waals surface area (Å²) in [6.45, 7) is 1.30. The van der Waals surface area contributed by atoms with Crippen LogP contribution in [0, 0.1) is 5.82 Å². The fourth-order valence-electron chi connectivity index (χ4n) is 3.67. The molecule has 1 aliphatic heterocycles. The van der Waals surface area contributed by atoms with E-state index >= 15 is 0 Å². The normalized spacial score (nSPS) is 19.6. The highest BCUT2D eigenvalue weighted by atomic mass is 19.1.